The fourth-order valence-electron chi connectivity index (χ4n) is 3.53. The zero-order chi connectivity index (χ0) is 17.1. The molecule has 0 spiro atoms. The first-order chi connectivity index (χ1) is 11.6. The summed E-state index contributed by atoms with van der Waals surface area (Å²) in [6.07, 6.45) is 5.22. The summed E-state index contributed by atoms with van der Waals surface area (Å²) in [5.74, 6) is 0.0415. The monoisotopic (exact) mass is 329 g/mol. The van der Waals surface area contributed by atoms with Gasteiger partial charge < -0.3 is 4.90 Å². The third-order valence-corrected chi connectivity index (χ3v) is 4.74. The Hall–Kier alpha value is -2.11. The largest absolute Gasteiger partial charge is 0.332 e. The number of aromatic nitrogens is 4. The number of H-pyrrole nitrogens is 1. The Morgan fingerprint density at radius 2 is 2.17 bits per heavy atom. The van der Waals surface area contributed by atoms with Gasteiger partial charge in [0.2, 0.25) is 0 Å². The quantitative estimate of drug-likeness (QED) is 0.917. The molecule has 2 aromatic heterocycles. The molecule has 0 unspecified atom stereocenters. The van der Waals surface area contributed by atoms with E-state index >= 15 is 0 Å². The van der Waals surface area contributed by atoms with Gasteiger partial charge in [0, 0.05) is 17.9 Å². The maximum atomic E-state index is 12.9. The molecule has 1 amide bonds. The lowest BCUT2D eigenvalue weighted by Crippen LogP contribution is -2.46. The fraction of sp³-hybridized carbons (Fsp3) is 0.611. The van der Waals surface area contributed by atoms with Crippen molar-refractivity contribution in [2.45, 2.75) is 65.5 Å². The topological polar surface area (TPSA) is 66.8 Å². The van der Waals surface area contributed by atoms with Crippen molar-refractivity contribution in [3.63, 3.8) is 0 Å². The van der Waals surface area contributed by atoms with E-state index in [0.717, 1.165) is 62.3 Å². The van der Waals surface area contributed by atoms with E-state index in [1.807, 2.05) is 22.6 Å². The molecule has 3 rings (SSSR count). The smallest absolute Gasteiger partial charge is 0.274 e. The lowest BCUT2D eigenvalue weighted by atomic mass is 10.0. The summed E-state index contributed by atoms with van der Waals surface area (Å²) in [6, 6.07) is 4.18. The van der Waals surface area contributed by atoms with E-state index in [2.05, 4.69) is 35.2 Å². The molecule has 1 aliphatic rings. The van der Waals surface area contributed by atoms with Crippen LogP contribution >= 0.6 is 0 Å². The number of nitrogens with one attached hydrogen (secondary N) is 1. The molecular formula is C18H27N5O. The molecule has 0 bridgehead atoms. The van der Waals surface area contributed by atoms with Gasteiger partial charge in [0.1, 0.15) is 5.69 Å². The molecule has 2 aromatic rings. The summed E-state index contributed by atoms with van der Waals surface area (Å²) in [5.41, 5.74) is 3.75. The van der Waals surface area contributed by atoms with Gasteiger partial charge in [-0.3, -0.25) is 14.6 Å². The Bertz CT molecular complexity index is 702. The molecule has 1 aliphatic heterocycles. The van der Waals surface area contributed by atoms with Gasteiger partial charge in [0.15, 0.2) is 0 Å². The van der Waals surface area contributed by atoms with Crippen LogP contribution in [-0.2, 0) is 13.0 Å². The van der Waals surface area contributed by atoms with Crippen molar-refractivity contribution in [2.24, 2.45) is 0 Å². The van der Waals surface area contributed by atoms with Crippen LogP contribution in [0.25, 0.3) is 0 Å². The number of likely N-dealkylation sites (tertiary alicyclic amines) is 1. The van der Waals surface area contributed by atoms with Crippen molar-refractivity contribution in [1.29, 1.82) is 0 Å². The van der Waals surface area contributed by atoms with Crippen molar-refractivity contribution in [3.8, 4) is 0 Å². The van der Waals surface area contributed by atoms with Gasteiger partial charge in [-0.15, -0.1) is 0 Å². The van der Waals surface area contributed by atoms with Crippen LogP contribution in [0, 0.1) is 13.8 Å². The average Bonchev–Trinajstić information content (AvgIpc) is 3.14. The maximum absolute atomic E-state index is 12.9. The maximum Gasteiger partial charge on any atom is 0.274 e. The fourth-order valence-corrected chi connectivity index (χ4v) is 3.53. The molecule has 1 N–H and O–H groups in total. The van der Waals surface area contributed by atoms with E-state index in [9.17, 15) is 4.79 Å². The molecule has 24 heavy (non-hydrogen) atoms. The molecule has 3 heterocycles. The highest BCUT2D eigenvalue weighted by molar-refractivity contribution is 5.92. The summed E-state index contributed by atoms with van der Waals surface area (Å²) >= 11 is 0. The summed E-state index contributed by atoms with van der Waals surface area (Å²) in [7, 11) is 0. The minimum absolute atomic E-state index is 0.0415. The number of hydrogen-bond acceptors (Lipinski definition) is 3. The summed E-state index contributed by atoms with van der Waals surface area (Å²) < 4.78 is 2.03. The van der Waals surface area contributed by atoms with E-state index < -0.39 is 0 Å². The number of amides is 1. The standard InChI is InChI=1S/C18H27N5O/c1-4-7-15-11-17(20-19-15)18(24)22-9-6-5-8-16(22)12-23-14(3)10-13(2)21-23/h10-11,16H,4-9,12H2,1-3H3,(H,19,20)/t16-/m1/s1. The third kappa shape index (κ3) is 3.52. The molecule has 1 atom stereocenters. The zero-order valence-corrected chi connectivity index (χ0v) is 14.9. The lowest BCUT2D eigenvalue weighted by molar-refractivity contribution is 0.0576. The SMILES string of the molecule is CCCc1cc(C(=O)N2CCCC[C@@H]2Cn2nc(C)cc2C)n[nH]1. The second-order valence-electron chi connectivity index (χ2n) is 6.79. The Labute approximate surface area is 143 Å². The van der Waals surface area contributed by atoms with E-state index in [-0.39, 0.29) is 11.9 Å². The predicted octanol–water partition coefficient (Wildman–Crippen LogP) is 2.87. The van der Waals surface area contributed by atoms with Gasteiger partial charge in [0.25, 0.3) is 5.91 Å². The van der Waals surface area contributed by atoms with Crippen LogP contribution in [0.15, 0.2) is 12.1 Å². The van der Waals surface area contributed by atoms with Crippen molar-refractivity contribution in [3.05, 3.63) is 34.9 Å². The van der Waals surface area contributed by atoms with Crippen LogP contribution in [-0.4, -0.2) is 43.4 Å². The molecule has 0 aromatic carbocycles. The molecule has 6 heteroatoms. The molecule has 0 aliphatic carbocycles. The molecule has 1 fully saturated rings. The highest BCUT2D eigenvalue weighted by atomic mass is 16.2. The van der Waals surface area contributed by atoms with Crippen LogP contribution in [0.2, 0.25) is 0 Å². The van der Waals surface area contributed by atoms with Gasteiger partial charge >= 0.3 is 0 Å². The van der Waals surface area contributed by atoms with E-state index in [0.29, 0.717) is 5.69 Å². The Morgan fingerprint density at radius 1 is 1.33 bits per heavy atom. The Morgan fingerprint density at radius 3 is 2.88 bits per heavy atom. The number of piperidine rings is 1. The molecule has 0 radical (unpaired) electrons. The zero-order valence-electron chi connectivity index (χ0n) is 14.9. The van der Waals surface area contributed by atoms with Crippen LogP contribution in [0.3, 0.4) is 0 Å². The van der Waals surface area contributed by atoms with Crippen molar-refractivity contribution < 1.29 is 4.79 Å². The number of rotatable bonds is 5. The van der Waals surface area contributed by atoms with E-state index in [1.54, 1.807) is 0 Å². The first-order valence-corrected chi connectivity index (χ1v) is 8.94. The Balaban J connectivity index is 1.75. The van der Waals surface area contributed by atoms with Gasteiger partial charge in [-0.2, -0.15) is 10.2 Å². The van der Waals surface area contributed by atoms with Crippen molar-refractivity contribution >= 4 is 5.91 Å². The lowest BCUT2D eigenvalue weighted by Gasteiger charge is -2.35. The molecule has 130 valence electrons. The summed E-state index contributed by atoms with van der Waals surface area (Å²) in [4.78, 5) is 14.9. The van der Waals surface area contributed by atoms with Gasteiger partial charge in [-0.1, -0.05) is 13.3 Å². The first-order valence-electron chi connectivity index (χ1n) is 8.94. The summed E-state index contributed by atoms with van der Waals surface area (Å²) in [6.45, 7) is 7.76. The molecule has 1 saturated heterocycles. The van der Waals surface area contributed by atoms with Gasteiger partial charge in [0.05, 0.1) is 18.3 Å². The van der Waals surface area contributed by atoms with Gasteiger partial charge in [-0.05, 0) is 51.7 Å². The van der Waals surface area contributed by atoms with Crippen LogP contribution < -0.4 is 0 Å². The number of aryl methyl sites for hydroxylation is 3. The Kier molecular flexibility index (Phi) is 5.02. The summed E-state index contributed by atoms with van der Waals surface area (Å²) in [5, 5.41) is 11.8. The number of nitrogens with zero attached hydrogens (tertiary/aromatic N) is 4. The van der Waals surface area contributed by atoms with E-state index in [4.69, 9.17) is 0 Å². The average molecular weight is 329 g/mol. The highest BCUT2D eigenvalue weighted by Gasteiger charge is 2.29. The second-order valence-corrected chi connectivity index (χ2v) is 6.79. The number of aromatic amines is 1. The number of carbonyl (C=O) groups is 1. The first kappa shape index (κ1) is 16.7. The normalized spacial score (nSPS) is 18.1. The number of carbonyl (C=O) groups excluding carboxylic acids is 1. The van der Waals surface area contributed by atoms with Crippen LogP contribution in [0.4, 0.5) is 0 Å². The minimum atomic E-state index is 0.0415. The molecule has 6 nitrogen and oxygen atoms in total. The second kappa shape index (κ2) is 7.20. The van der Waals surface area contributed by atoms with E-state index in [1.165, 1.54) is 0 Å². The molecule has 0 saturated carbocycles. The molecular weight excluding hydrogens is 302 g/mol. The van der Waals surface area contributed by atoms with Crippen molar-refractivity contribution in [1.82, 2.24) is 24.9 Å². The van der Waals surface area contributed by atoms with Crippen LogP contribution in [0.5, 0.6) is 0 Å². The van der Waals surface area contributed by atoms with Crippen molar-refractivity contribution in [2.75, 3.05) is 6.54 Å². The van der Waals surface area contributed by atoms with Gasteiger partial charge in [-0.25, -0.2) is 0 Å². The van der Waals surface area contributed by atoms with Crippen LogP contribution in [0.1, 0.15) is 60.2 Å². The number of hydrogen-bond donors (Lipinski definition) is 1. The predicted molar refractivity (Wildman–Crippen MR) is 93.0 cm³/mol. The third-order valence-electron chi connectivity index (χ3n) is 4.74. The minimum Gasteiger partial charge on any atom is -0.332 e. The highest BCUT2D eigenvalue weighted by Crippen LogP contribution is 2.21.